The van der Waals surface area contributed by atoms with E-state index < -0.39 is 5.60 Å². The van der Waals surface area contributed by atoms with Gasteiger partial charge in [-0.25, -0.2) is 9.78 Å². The van der Waals surface area contributed by atoms with Gasteiger partial charge in [0.15, 0.2) is 5.75 Å². The van der Waals surface area contributed by atoms with Crippen LogP contribution in [0.1, 0.15) is 33.6 Å². The van der Waals surface area contributed by atoms with Gasteiger partial charge in [0, 0.05) is 6.54 Å². The number of hydrogen-bond donors (Lipinski definition) is 0. The first-order valence-corrected chi connectivity index (χ1v) is 8.38. The van der Waals surface area contributed by atoms with E-state index in [2.05, 4.69) is 20.9 Å². The molecule has 0 N–H and O–H groups in total. The molecule has 7 heteroatoms. The molecule has 122 valence electrons. The molecule has 2 heterocycles. The van der Waals surface area contributed by atoms with Crippen LogP contribution in [0.2, 0.25) is 5.15 Å². The highest BCUT2D eigenvalue weighted by atomic mass is 79.9. The van der Waals surface area contributed by atoms with Crippen LogP contribution in [0, 0.1) is 0 Å². The zero-order chi connectivity index (χ0) is 16.3. The molecule has 0 saturated carbocycles. The fourth-order valence-electron chi connectivity index (χ4n) is 2.26. The van der Waals surface area contributed by atoms with Gasteiger partial charge in [0.2, 0.25) is 0 Å². The van der Waals surface area contributed by atoms with Crippen LogP contribution < -0.4 is 4.74 Å². The second-order valence-corrected chi connectivity index (χ2v) is 7.34. The fraction of sp³-hybridized carbons (Fsp3) is 0.600. The summed E-state index contributed by atoms with van der Waals surface area (Å²) in [6, 6.07) is 3.44. The quantitative estimate of drug-likeness (QED) is 0.722. The Bertz CT molecular complexity index is 548. The predicted molar refractivity (Wildman–Crippen MR) is 88.4 cm³/mol. The lowest BCUT2D eigenvalue weighted by molar-refractivity contribution is 0.0187. The Morgan fingerprint density at radius 2 is 2.23 bits per heavy atom. The number of pyridine rings is 1. The van der Waals surface area contributed by atoms with E-state index in [4.69, 9.17) is 21.1 Å². The number of carbonyl (C=O) groups excluding carboxylic acids is 1. The van der Waals surface area contributed by atoms with E-state index in [0.29, 0.717) is 28.7 Å². The molecule has 0 radical (unpaired) electrons. The molecule has 2 rings (SSSR count). The van der Waals surface area contributed by atoms with E-state index >= 15 is 0 Å². The summed E-state index contributed by atoms with van der Waals surface area (Å²) >= 11 is 9.12. The minimum Gasteiger partial charge on any atom is -0.489 e. The second-order valence-electron chi connectivity index (χ2n) is 6.20. The summed E-state index contributed by atoms with van der Waals surface area (Å²) in [6.07, 6.45) is 1.57. The van der Waals surface area contributed by atoms with E-state index in [1.165, 1.54) is 0 Å². The molecule has 1 saturated heterocycles. The number of aromatic nitrogens is 1. The number of nitrogens with zero attached hydrogens (tertiary/aromatic N) is 2. The third kappa shape index (κ3) is 4.74. The Hall–Kier alpha value is -1.01. The van der Waals surface area contributed by atoms with Gasteiger partial charge in [0.1, 0.15) is 22.0 Å². The molecule has 1 aromatic heterocycles. The van der Waals surface area contributed by atoms with Crippen molar-refractivity contribution in [3.8, 4) is 5.75 Å². The van der Waals surface area contributed by atoms with E-state index in [1.54, 1.807) is 17.0 Å². The number of halogens is 2. The van der Waals surface area contributed by atoms with Gasteiger partial charge in [-0.3, -0.25) is 0 Å². The number of likely N-dealkylation sites (tertiary alicyclic amines) is 1. The first-order valence-electron chi connectivity index (χ1n) is 7.21. The van der Waals surface area contributed by atoms with Crippen molar-refractivity contribution >= 4 is 33.6 Å². The highest BCUT2D eigenvalue weighted by molar-refractivity contribution is 9.10. The number of rotatable bonds is 3. The Morgan fingerprint density at radius 1 is 1.50 bits per heavy atom. The molecule has 5 nitrogen and oxygen atoms in total. The van der Waals surface area contributed by atoms with Gasteiger partial charge in [-0.1, -0.05) is 11.6 Å². The summed E-state index contributed by atoms with van der Waals surface area (Å²) in [5.41, 5.74) is -0.492. The molecule has 0 spiro atoms. The predicted octanol–water partition coefficient (Wildman–Crippen LogP) is 4.28. The van der Waals surface area contributed by atoms with Crippen molar-refractivity contribution in [2.75, 3.05) is 13.2 Å². The molecule has 0 bridgehead atoms. The van der Waals surface area contributed by atoms with Crippen molar-refractivity contribution in [1.29, 1.82) is 0 Å². The lowest BCUT2D eigenvalue weighted by atomic mass is 10.2. The lowest BCUT2D eigenvalue weighted by Gasteiger charge is -2.28. The number of ether oxygens (including phenoxy) is 2. The molecule has 1 amide bonds. The third-order valence-electron chi connectivity index (χ3n) is 3.22. The summed E-state index contributed by atoms with van der Waals surface area (Å²) in [5, 5.41) is 0.399. The van der Waals surface area contributed by atoms with Crippen LogP contribution in [0.3, 0.4) is 0 Å². The Kier molecular flexibility index (Phi) is 5.55. The fourth-order valence-corrected chi connectivity index (χ4v) is 2.95. The van der Waals surface area contributed by atoms with Crippen molar-refractivity contribution in [3.63, 3.8) is 0 Å². The van der Waals surface area contributed by atoms with Gasteiger partial charge in [-0.15, -0.1) is 0 Å². The molecule has 22 heavy (non-hydrogen) atoms. The number of amides is 1. The Labute approximate surface area is 144 Å². The highest BCUT2D eigenvalue weighted by Crippen LogP contribution is 2.26. The largest absolute Gasteiger partial charge is 0.489 e. The van der Waals surface area contributed by atoms with E-state index in [0.717, 1.165) is 12.8 Å². The van der Waals surface area contributed by atoms with E-state index in [1.807, 2.05) is 20.8 Å². The summed E-state index contributed by atoms with van der Waals surface area (Å²) < 4.78 is 11.8. The van der Waals surface area contributed by atoms with Crippen molar-refractivity contribution in [3.05, 3.63) is 21.9 Å². The van der Waals surface area contributed by atoms with Gasteiger partial charge in [-0.05, 0) is 61.7 Å². The Morgan fingerprint density at radius 3 is 2.86 bits per heavy atom. The maximum Gasteiger partial charge on any atom is 0.410 e. The zero-order valence-corrected chi connectivity index (χ0v) is 15.3. The summed E-state index contributed by atoms with van der Waals surface area (Å²) in [4.78, 5) is 18.0. The average Bonchev–Trinajstić information content (AvgIpc) is 2.84. The molecule has 1 aliphatic heterocycles. The van der Waals surface area contributed by atoms with Gasteiger partial charge < -0.3 is 14.4 Å². The molecular weight excluding hydrogens is 372 g/mol. The Balaban J connectivity index is 1.95. The molecule has 0 unspecified atom stereocenters. The monoisotopic (exact) mass is 390 g/mol. The molecule has 0 aromatic carbocycles. The van der Waals surface area contributed by atoms with Crippen molar-refractivity contribution < 1.29 is 14.3 Å². The summed E-state index contributed by atoms with van der Waals surface area (Å²) in [5.74, 6) is 0.612. The van der Waals surface area contributed by atoms with Crippen molar-refractivity contribution in [2.45, 2.75) is 45.3 Å². The third-order valence-corrected chi connectivity index (χ3v) is 4.00. The highest BCUT2D eigenvalue weighted by Gasteiger charge is 2.32. The van der Waals surface area contributed by atoms with Crippen LogP contribution in [0.15, 0.2) is 16.7 Å². The smallest absolute Gasteiger partial charge is 0.410 e. The van der Waals surface area contributed by atoms with E-state index in [-0.39, 0.29) is 12.1 Å². The lowest BCUT2D eigenvalue weighted by Crippen LogP contribution is -2.42. The van der Waals surface area contributed by atoms with Gasteiger partial charge in [0.05, 0.1) is 6.04 Å². The minimum absolute atomic E-state index is 0.0115. The van der Waals surface area contributed by atoms with Crippen LogP contribution in [-0.4, -0.2) is 40.8 Å². The van der Waals surface area contributed by atoms with Crippen LogP contribution in [0.25, 0.3) is 0 Å². The maximum atomic E-state index is 12.2. The average molecular weight is 392 g/mol. The molecule has 1 aliphatic rings. The van der Waals surface area contributed by atoms with Gasteiger partial charge >= 0.3 is 6.09 Å². The number of carbonyl (C=O) groups is 1. The van der Waals surface area contributed by atoms with Crippen LogP contribution in [0.4, 0.5) is 4.79 Å². The topological polar surface area (TPSA) is 51.7 Å². The molecule has 1 aromatic rings. The van der Waals surface area contributed by atoms with E-state index in [9.17, 15) is 4.79 Å². The summed E-state index contributed by atoms with van der Waals surface area (Å²) in [6.45, 7) is 6.69. The van der Waals surface area contributed by atoms with Gasteiger partial charge in [-0.2, -0.15) is 0 Å². The van der Waals surface area contributed by atoms with Crippen LogP contribution in [-0.2, 0) is 4.74 Å². The first-order chi connectivity index (χ1) is 10.3. The maximum absolute atomic E-state index is 12.2. The first kappa shape index (κ1) is 17.3. The second kappa shape index (κ2) is 7.04. The van der Waals surface area contributed by atoms with Gasteiger partial charge in [0.25, 0.3) is 0 Å². The van der Waals surface area contributed by atoms with Crippen molar-refractivity contribution in [2.24, 2.45) is 0 Å². The normalized spacial score (nSPS) is 18.4. The number of hydrogen-bond acceptors (Lipinski definition) is 4. The van der Waals surface area contributed by atoms with Crippen LogP contribution >= 0.6 is 27.5 Å². The molecule has 1 atom stereocenters. The SMILES string of the molecule is CC(C)(C)OC(=O)N1CCC[C@@H]1COc1ccc(Cl)nc1Br. The van der Waals surface area contributed by atoms with Crippen molar-refractivity contribution in [1.82, 2.24) is 9.88 Å². The molecule has 1 fully saturated rings. The van der Waals surface area contributed by atoms with Crippen LogP contribution in [0.5, 0.6) is 5.75 Å². The molecular formula is C15H20BrClN2O3. The zero-order valence-electron chi connectivity index (χ0n) is 12.9. The minimum atomic E-state index is -0.492. The summed E-state index contributed by atoms with van der Waals surface area (Å²) in [7, 11) is 0. The molecule has 0 aliphatic carbocycles. The standard InChI is InChI=1S/C15H20BrClN2O3/c1-15(2,3)22-14(20)19-8-4-5-10(19)9-21-11-6-7-12(17)18-13(11)16/h6-7,10H,4-5,8-9H2,1-3H3/t10-/m1/s1.